The summed E-state index contributed by atoms with van der Waals surface area (Å²) in [4.78, 5) is 0. The third-order valence-corrected chi connectivity index (χ3v) is 1.55. The highest BCUT2D eigenvalue weighted by Gasteiger charge is 1.83. The predicted molar refractivity (Wildman–Crippen MR) is 41.0 cm³/mol. The summed E-state index contributed by atoms with van der Waals surface area (Å²) < 4.78 is 0. The largest absolute Gasteiger partial charge is 0.230 e. The molecule has 0 N–H and O–H groups in total. The van der Waals surface area contributed by atoms with Crippen LogP contribution in [0.5, 0.6) is 0 Å². The van der Waals surface area contributed by atoms with Crippen molar-refractivity contribution in [3.05, 3.63) is 41.9 Å². The van der Waals surface area contributed by atoms with E-state index in [1.54, 1.807) is 0 Å². The third-order valence-electron chi connectivity index (χ3n) is 1.55. The van der Waals surface area contributed by atoms with Gasteiger partial charge in [-0.1, -0.05) is 19.1 Å². The summed E-state index contributed by atoms with van der Waals surface area (Å²) in [5.41, 5.74) is 2.68. The van der Waals surface area contributed by atoms with Crippen LogP contribution < -0.4 is 0 Å². The van der Waals surface area contributed by atoms with E-state index in [0.717, 1.165) is 0 Å². The quantitative estimate of drug-likeness (QED) is 0.465. The maximum absolute atomic E-state index is 2.12. The van der Waals surface area contributed by atoms with Gasteiger partial charge >= 0.3 is 0 Å². The van der Waals surface area contributed by atoms with Crippen LogP contribution >= 0.6 is 0 Å². The first-order valence-electron chi connectivity index (χ1n) is 3.19. The summed E-state index contributed by atoms with van der Waals surface area (Å²) in [7, 11) is 0. The minimum absolute atomic E-state index is 1.33. The van der Waals surface area contributed by atoms with E-state index in [9.17, 15) is 0 Å². The van der Waals surface area contributed by atoms with Crippen LogP contribution in [-0.4, -0.2) is 0 Å². The summed E-state index contributed by atoms with van der Waals surface area (Å²) in [6.07, 6.45) is 10.5. The lowest BCUT2D eigenvalue weighted by Crippen LogP contribution is -1.77. The lowest BCUT2D eigenvalue weighted by Gasteiger charge is -2.08. The molecule has 1 rings (SSSR count). The molecule has 0 saturated carbocycles. The van der Waals surface area contributed by atoms with Gasteiger partial charge in [-0.25, -0.2) is 12.0 Å². The fraction of sp³-hybridized carbons (Fsp3) is 0.222. The number of hydrogen-bond acceptors (Lipinski definition) is 0. The second kappa shape index (κ2) is 2.58. The predicted octanol–water partition coefficient (Wildman–Crippen LogP) is 2.65. The van der Waals surface area contributed by atoms with E-state index in [4.69, 9.17) is 0 Å². The normalized spacial score (nSPS) is 14.7. The smallest absolute Gasteiger partial charge is 0.0725 e. The summed E-state index contributed by atoms with van der Waals surface area (Å²) in [6.45, 7) is 4.18. The van der Waals surface area contributed by atoms with Crippen LogP contribution in [0.2, 0.25) is 0 Å². The molecule has 9 heavy (non-hydrogen) atoms. The van der Waals surface area contributed by atoms with Crippen molar-refractivity contribution in [3.63, 3.8) is 0 Å². The molecule has 0 heteroatoms. The monoisotopic (exact) mass is 119 g/mol. The molecule has 0 fully saturated rings. The SMILES string of the molecule is C[CH-]C(C)=C1C=CC=C1. The second-order valence-electron chi connectivity index (χ2n) is 2.15. The molecule has 48 valence electrons. The summed E-state index contributed by atoms with van der Waals surface area (Å²) in [6, 6.07) is 0. The number of rotatable bonds is 1. The molecule has 1 aliphatic carbocycles. The zero-order valence-electron chi connectivity index (χ0n) is 5.89. The highest BCUT2D eigenvalue weighted by molar-refractivity contribution is 5.44. The van der Waals surface area contributed by atoms with Crippen molar-refractivity contribution in [3.8, 4) is 0 Å². The zero-order valence-corrected chi connectivity index (χ0v) is 5.89. The molecule has 0 saturated heterocycles. The molecule has 0 bridgehead atoms. The van der Waals surface area contributed by atoms with Gasteiger partial charge in [0, 0.05) is 0 Å². The van der Waals surface area contributed by atoms with Crippen LogP contribution in [0.3, 0.4) is 0 Å². The molecular formula is C9H11-. The van der Waals surface area contributed by atoms with Gasteiger partial charge < -0.3 is 0 Å². The average molecular weight is 119 g/mol. The van der Waals surface area contributed by atoms with Gasteiger partial charge in [-0.3, -0.25) is 0 Å². The summed E-state index contributed by atoms with van der Waals surface area (Å²) in [5, 5.41) is 0. The topological polar surface area (TPSA) is 0 Å². The van der Waals surface area contributed by atoms with E-state index in [1.165, 1.54) is 11.1 Å². The Kier molecular flexibility index (Phi) is 1.78. The minimum atomic E-state index is 1.33. The Balaban J connectivity index is 2.81. The van der Waals surface area contributed by atoms with Gasteiger partial charge in [0.1, 0.15) is 0 Å². The third kappa shape index (κ3) is 1.26. The van der Waals surface area contributed by atoms with Gasteiger partial charge in [0.15, 0.2) is 0 Å². The van der Waals surface area contributed by atoms with Crippen LogP contribution in [-0.2, 0) is 0 Å². The lowest BCUT2D eigenvalue weighted by molar-refractivity contribution is 1.32. The molecule has 0 amide bonds. The van der Waals surface area contributed by atoms with Crippen LogP contribution in [0, 0.1) is 6.42 Å². The van der Waals surface area contributed by atoms with Crippen LogP contribution in [0.4, 0.5) is 0 Å². The van der Waals surface area contributed by atoms with Crippen molar-refractivity contribution < 1.29 is 0 Å². The number of allylic oxidation sites excluding steroid dienone is 6. The second-order valence-corrected chi connectivity index (χ2v) is 2.15. The van der Waals surface area contributed by atoms with Gasteiger partial charge in [-0.05, 0) is 0 Å². The lowest BCUT2D eigenvalue weighted by atomic mass is 10.1. The average Bonchev–Trinajstić information content (AvgIpc) is 2.37. The molecule has 0 aromatic carbocycles. The maximum atomic E-state index is 2.12. The molecule has 0 aliphatic heterocycles. The molecule has 0 nitrogen and oxygen atoms in total. The Morgan fingerprint density at radius 3 is 2.33 bits per heavy atom. The van der Waals surface area contributed by atoms with Crippen molar-refractivity contribution in [1.29, 1.82) is 0 Å². The van der Waals surface area contributed by atoms with Gasteiger partial charge in [0.05, 0.1) is 0 Å². The van der Waals surface area contributed by atoms with E-state index in [-0.39, 0.29) is 0 Å². The van der Waals surface area contributed by atoms with E-state index in [2.05, 4.69) is 44.6 Å². The molecule has 0 spiro atoms. The zero-order chi connectivity index (χ0) is 6.69. The van der Waals surface area contributed by atoms with Gasteiger partial charge in [-0.15, -0.1) is 19.1 Å². The molecule has 0 radical (unpaired) electrons. The van der Waals surface area contributed by atoms with Crippen molar-refractivity contribution >= 4 is 0 Å². The summed E-state index contributed by atoms with van der Waals surface area (Å²) in [5.74, 6) is 0. The van der Waals surface area contributed by atoms with Gasteiger partial charge in [0.25, 0.3) is 0 Å². The molecule has 0 heterocycles. The first kappa shape index (κ1) is 6.21. The van der Waals surface area contributed by atoms with Crippen molar-refractivity contribution in [2.24, 2.45) is 0 Å². The maximum Gasteiger partial charge on any atom is -0.0725 e. The van der Waals surface area contributed by atoms with E-state index >= 15 is 0 Å². The van der Waals surface area contributed by atoms with Crippen LogP contribution in [0.1, 0.15) is 13.8 Å². The summed E-state index contributed by atoms with van der Waals surface area (Å²) >= 11 is 0. The van der Waals surface area contributed by atoms with Crippen molar-refractivity contribution in [1.82, 2.24) is 0 Å². The fourth-order valence-electron chi connectivity index (χ4n) is 0.804. The Labute approximate surface area is 56.6 Å². The Morgan fingerprint density at radius 1 is 1.33 bits per heavy atom. The first-order chi connectivity index (χ1) is 4.34. The Hall–Kier alpha value is -0.910. The molecule has 0 aromatic heterocycles. The Bertz CT molecular complexity index is 166. The molecule has 0 unspecified atom stereocenters. The van der Waals surface area contributed by atoms with Crippen LogP contribution in [0.15, 0.2) is 35.5 Å². The van der Waals surface area contributed by atoms with E-state index < -0.39 is 0 Å². The minimum Gasteiger partial charge on any atom is -0.230 e. The van der Waals surface area contributed by atoms with Crippen LogP contribution in [0.25, 0.3) is 0 Å². The van der Waals surface area contributed by atoms with Crippen molar-refractivity contribution in [2.75, 3.05) is 0 Å². The number of hydrogen-bond donors (Lipinski definition) is 0. The van der Waals surface area contributed by atoms with Gasteiger partial charge in [0.2, 0.25) is 0 Å². The molecule has 0 atom stereocenters. The van der Waals surface area contributed by atoms with Gasteiger partial charge in [-0.2, -0.15) is 5.57 Å². The highest BCUT2D eigenvalue weighted by Crippen LogP contribution is 2.13. The standard InChI is InChI=1S/C9H11/c1-3-8(2)9-6-4-5-7-9/h3-7H,1-2H3/q-1. The molecule has 0 aromatic rings. The highest BCUT2D eigenvalue weighted by atomic mass is 14.0. The van der Waals surface area contributed by atoms with E-state index in [0.29, 0.717) is 0 Å². The molecule has 1 aliphatic rings. The van der Waals surface area contributed by atoms with Crippen molar-refractivity contribution in [2.45, 2.75) is 13.8 Å². The first-order valence-corrected chi connectivity index (χ1v) is 3.19. The van der Waals surface area contributed by atoms with E-state index in [1.807, 2.05) is 0 Å². The molecular weight excluding hydrogens is 108 g/mol. The fourth-order valence-corrected chi connectivity index (χ4v) is 0.804. The Morgan fingerprint density at radius 2 is 1.89 bits per heavy atom.